The third kappa shape index (κ3) is 15.0. The van der Waals surface area contributed by atoms with E-state index in [0.717, 1.165) is 74.1 Å². The number of carbonyl (C=O) groups is 1. The molecule has 0 aromatic heterocycles. The molecule has 1 aliphatic heterocycles. The molecule has 1 N–H and O–H groups in total. The normalized spacial score (nSPS) is 15.7. The van der Waals surface area contributed by atoms with Crippen LogP contribution in [-0.4, -0.2) is 82.9 Å². The van der Waals surface area contributed by atoms with Gasteiger partial charge in [0, 0.05) is 32.8 Å². The average molecular weight is 770 g/mol. The highest BCUT2D eigenvalue weighted by Crippen LogP contribution is 2.34. The van der Waals surface area contributed by atoms with E-state index in [1.54, 1.807) is 7.11 Å². The fourth-order valence-corrected chi connectivity index (χ4v) is 6.49. The molecule has 52 heavy (non-hydrogen) atoms. The molecule has 5 rings (SSSR count). The predicted molar refractivity (Wildman–Crippen MR) is 197 cm³/mol. The summed E-state index contributed by atoms with van der Waals surface area (Å²) in [6, 6.07) is 19.4. The number of para-hydroxylation sites is 1. The molecule has 13 heteroatoms. The lowest BCUT2D eigenvalue weighted by atomic mass is 9.97. The van der Waals surface area contributed by atoms with Gasteiger partial charge in [-0.05, 0) is 105 Å². The monoisotopic (exact) mass is 768 g/mol. The van der Waals surface area contributed by atoms with Crippen LogP contribution in [0.5, 0.6) is 17.2 Å². The third-order valence-corrected chi connectivity index (χ3v) is 8.92. The molecule has 2 fully saturated rings. The van der Waals surface area contributed by atoms with Crippen molar-refractivity contribution in [1.29, 1.82) is 0 Å². The lowest BCUT2D eigenvalue weighted by Crippen LogP contribution is -2.43. The molecule has 0 bridgehead atoms. The van der Waals surface area contributed by atoms with Crippen LogP contribution in [0.3, 0.4) is 0 Å². The standard InChI is InChI=1S/C24H35F3N2O4.C15H14Cl2O2/c1-31-9-3-4-18-12-19(14-22(13-18)33-11-10-32-17-24(25,26)27)16-29(21-6-7-21)23(30)20-5-2-8-28-15-20;1-11-9-13(16)15(14(17)10-11)19-8-7-18-12-5-3-2-4-6-12/h12-14,20-21,28H,2-11,15-17H2,1H3;2-6,9-10H,7-8H2,1H3. The summed E-state index contributed by atoms with van der Waals surface area (Å²) in [4.78, 5) is 15.2. The number of carbonyl (C=O) groups excluding carboxylic acids is 1. The number of hydrogen-bond donors (Lipinski definition) is 1. The third-order valence-electron chi connectivity index (χ3n) is 8.36. The topological polar surface area (TPSA) is 78.5 Å². The van der Waals surface area contributed by atoms with Crippen molar-refractivity contribution in [2.45, 2.75) is 64.2 Å². The van der Waals surface area contributed by atoms with Crippen LogP contribution < -0.4 is 19.5 Å². The number of benzene rings is 3. The van der Waals surface area contributed by atoms with Crippen LogP contribution in [0.2, 0.25) is 10.0 Å². The number of amides is 1. The van der Waals surface area contributed by atoms with Crippen molar-refractivity contribution in [3.8, 4) is 17.2 Å². The minimum absolute atomic E-state index is 0.0192. The molecule has 1 amide bonds. The van der Waals surface area contributed by atoms with Crippen LogP contribution in [0, 0.1) is 12.8 Å². The second-order valence-corrected chi connectivity index (χ2v) is 13.7. The molecule has 1 unspecified atom stereocenters. The molecule has 1 saturated heterocycles. The minimum Gasteiger partial charge on any atom is -0.491 e. The van der Waals surface area contributed by atoms with Gasteiger partial charge in [0.2, 0.25) is 5.91 Å². The molecule has 286 valence electrons. The highest BCUT2D eigenvalue weighted by Gasteiger charge is 2.36. The maximum absolute atomic E-state index is 13.2. The van der Waals surface area contributed by atoms with Crippen LogP contribution >= 0.6 is 23.2 Å². The van der Waals surface area contributed by atoms with E-state index in [-0.39, 0.29) is 31.1 Å². The zero-order valence-electron chi connectivity index (χ0n) is 29.8. The Bertz CT molecular complexity index is 1500. The van der Waals surface area contributed by atoms with Gasteiger partial charge in [-0.25, -0.2) is 0 Å². The Balaban J connectivity index is 0.000000269. The highest BCUT2D eigenvalue weighted by atomic mass is 35.5. The lowest BCUT2D eigenvalue weighted by molar-refractivity contribution is -0.175. The smallest absolute Gasteiger partial charge is 0.411 e. The largest absolute Gasteiger partial charge is 0.491 e. The molecular formula is C39H49Cl2F3N2O6. The zero-order chi connectivity index (χ0) is 37.3. The van der Waals surface area contributed by atoms with E-state index in [9.17, 15) is 18.0 Å². The summed E-state index contributed by atoms with van der Waals surface area (Å²) in [5.41, 5.74) is 3.03. The number of ether oxygens (including phenoxy) is 5. The summed E-state index contributed by atoms with van der Waals surface area (Å²) >= 11 is 12.2. The first-order valence-electron chi connectivity index (χ1n) is 17.7. The zero-order valence-corrected chi connectivity index (χ0v) is 31.3. The molecule has 0 spiro atoms. The molecular weight excluding hydrogens is 720 g/mol. The summed E-state index contributed by atoms with van der Waals surface area (Å²) in [7, 11) is 1.66. The summed E-state index contributed by atoms with van der Waals surface area (Å²) in [5, 5.41) is 4.36. The van der Waals surface area contributed by atoms with E-state index in [1.165, 1.54) is 0 Å². The van der Waals surface area contributed by atoms with Crippen molar-refractivity contribution < 1.29 is 41.7 Å². The number of halogens is 5. The first kappa shape index (κ1) is 41.5. The summed E-state index contributed by atoms with van der Waals surface area (Å²) in [5.74, 6) is 2.12. The fraction of sp³-hybridized carbons (Fsp3) is 0.513. The van der Waals surface area contributed by atoms with E-state index in [2.05, 4.69) is 16.1 Å². The molecule has 1 saturated carbocycles. The molecule has 3 aromatic carbocycles. The number of alkyl halides is 3. The van der Waals surface area contributed by atoms with Gasteiger partial charge >= 0.3 is 6.18 Å². The van der Waals surface area contributed by atoms with Crippen molar-refractivity contribution in [2.24, 2.45) is 5.92 Å². The van der Waals surface area contributed by atoms with Crippen LogP contribution in [0.25, 0.3) is 0 Å². The Labute approximate surface area is 314 Å². The number of hydrogen-bond acceptors (Lipinski definition) is 7. The summed E-state index contributed by atoms with van der Waals surface area (Å²) in [6.07, 6.45) is 1.26. The van der Waals surface area contributed by atoms with Crippen molar-refractivity contribution in [2.75, 3.05) is 59.8 Å². The van der Waals surface area contributed by atoms with Gasteiger partial charge in [0.15, 0.2) is 5.75 Å². The number of aryl methyl sites for hydroxylation is 2. The van der Waals surface area contributed by atoms with Crippen LogP contribution in [-0.2, 0) is 27.2 Å². The molecule has 1 heterocycles. The van der Waals surface area contributed by atoms with Gasteiger partial charge in [-0.1, -0.05) is 47.5 Å². The van der Waals surface area contributed by atoms with Crippen molar-refractivity contribution in [1.82, 2.24) is 10.2 Å². The van der Waals surface area contributed by atoms with Gasteiger partial charge in [-0.15, -0.1) is 0 Å². The Morgan fingerprint density at radius 1 is 0.865 bits per heavy atom. The Morgan fingerprint density at radius 3 is 2.19 bits per heavy atom. The molecule has 8 nitrogen and oxygen atoms in total. The predicted octanol–water partition coefficient (Wildman–Crippen LogP) is 8.47. The SMILES string of the molecule is COCCCc1cc(CN(C(=O)C2CCCNC2)C2CC2)cc(OCCOCC(F)(F)F)c1.Cc1cc(Cl)c(OCCOc2ccccc2)c(Cl)c1. The highest BCUT2D eigenvalue weighted by molar-refractivity contribution is 6.37. The van der Waals surface area contributed by atoms with Gasteiger partial charge in [-0.2, -0.15) is 13.2 Å². The number of nitrogens with zero attached hydrogens (tertiary/aromatic N) is 1. The maximum Gasteiger partial charge on any atom is 0.411 e. The lowest BCUT2D eigenvalue weighted by Gasteiger charge is -2.30. The fourth-order valence-electron chi connectivity index (χ4n) is 5.79. The van der Waals surface area contributed by atoms with Gasteiger partial charge in [0.05, 0.1) is 22.6 Å². The van der Waals surface area contributed by atoms with E-state index >= 15 is 0 Å². The molecule has 1 atom stereocenters. The Morgan fingerprint density at radius 2 is 1.54 bits per heavy atom. The maximum atomic E-state index is 13.2. The van der Waals surface area contributed by atoms with Crippen molar-refractivity contribution in [3.05, 3.63) is 87.4 Å². The summed E-state index contributed by atoms with van der Waals surface area (Å²) in [6.45, 7) is 4.18. The molecule has 1 aliphatic carbocycles. The first-order valence-corrected chi connectivity index (χ1v) is 18.4. The van der Waals surface area contributed by atoms with Crippen LogP contribution in [0.1, 0.15) is 48.8 Å². The van der Waals surface area contributed by atoms with Gasteiger partial charge in [0.25, 0.3) is 0 Å². The Hall–Kier alpha value is -3.22. The number of rotatable bonds is 18. The minimum atomic E-state index is -4.35. The molecule has 3 aromatic rings. The molecule has 2 aliphatic rings. The number of methoxy groups -OCH3 is 1. The van der Waals surface area contributed by atoms with E-state index < -0.39 is 12.8 Å². The molecule has 0 radical (unpaired) electrons. The van der Waals surface area contributed by atoms with E-state index in [0.29, 0.717) is 47.9 Å². The second-order valence-electron chi connectivity index (χ2n) is 12.9. The second kappa shape index (κ2) is 21.5. The van der Waals surface area contributed by atoms with Gasteiger partial charge < -0.3 is 33.9 Å². The van der Waals surface area contributed by atoms with Crippen molar-refractivity contribution in [3.63, 3.8) is 0 Å². The van der Waals surface area contributed by atoms with Gasteiger partial charge in [-0.3, -0.25) is 4.79 Å². The summed E-state index contributed by atoms with van der Waals surface area (Å²) < 4.78 is 63.3. The number of piperidine rings is 1. The van der Waals surface area contributed by atoms with Gasteiger partial charge in [0.1, 0.15) is 37.9 Å². The Kier molecular flexibility index (Phi) is 17.2. The first-order chi connectivity index (χ1) is 25.0. The van der Waals surface area contributed by atoms with Crippen molar-refractivity contribution >= 4 is 29.1 Å². The quantitative estimate of drug-likeness (QED) is 0.130. The van der Waals surface area contributed by atoms with E-state index in [1.807, 2.05) is 66.4 Å². The number of nitrogens with one attached hydrogen (secondary N) is 1. The van der Waals surface area contributed by atoms with E-state index in [4.69, 9.17) is 42.1 Å². The van der Waals surface area contributed by atoms with Crippen LogP contribution in [0.15, 0.2) is 60.7 Å². The average Bonchev–Trinajstić information content (AvgIpc) is 3.96. The van der Waals surface area contributed by atoms with Crippen LogP contribution in [0.4, 0.5) is 13.2 Å².